The van der Waals surface area contributed by atoms with E-state index in [4.69, 9.17) is 29.4 Å². The second kappa shape index (κ2) is 18.5. The number of pyridine rings is 4. The molecule has 0 atom stereocenters. The quantitative estimate of drug-likeness (QED) is 0.141. The van der Waals surface area contributed by atoms with Gasteiger partial charge in [0.05, 0.1) is 56.2 Å². The van der Waals surface area contributed by atoms with Crippen LogP contribution in [0, 0.1) is 13.8 Å². The predicted molar refractivity (Wildman–Crippen MR) is 356 cm³/mol. The minimum Gasteiger partial charge on any atom is -0.456 e. The molecule has 0 radical (unpaired) electrons. The molecule has 10 heteroatoms. The summed E-state index contributed by atoms with van der Waals surface area (Å²) in [6.07, 6.45) is 0. The van der Waals surface area contributed by atoms with Gasteiger partial charge in [-0.1, -0.05) is 188 Å². The molecule has 10 heterocycles. The van der Waals surface area contributed by atoms with E-state index in [9.17, 15) is 0 Å². The lowest BCUT2D eigenvalue weighted by atomic mass is 9.31. The number of ether oxygens (including phenoxy) is 2. The molecule has 4 aliphatic rings. The predicted octanol–water partition coefficient (Wildman–Crippen LogP) is 15.1. The number of rotatable bonds is 8. The van der Waals surface area contributed by atoms with Crippen molar-refractivity contribution >= 4 is 90.3 Å². The summed E-state index contributed by atoms with van der Waals surface area (Å²) in [5, 5.41) is 0. The van der Waals surface area contributed by atoms with Crippen molar-refractivity contribution in [3.63, 3.8) is 0 Å². The lowest BCUT2D eigenvalue weighted by Crippen LogP contribution is -2.63. The molecular weight excluding hydrogens is 1050 g/mol. The van der Waals surface area contributed by atoms with Crippen LogP contribution in [0.2, 0.25) is 0 Å². The van der Waals surface area contributed by atoms with Crippen LogP contribution in [0.1, 0.15) is 112 Å². The van der Waals surface area contributed by atoms with E-state index in [0.29, 0.717) is 23.7 Å². The summed E-state index contributed by atoms with van der Waals surface area (Å²) in [6.45, 7) is 21.7. The van der Waals surface area contributed by atoms with Crippen molar-refractivity contribution in [1.82, 2.24) is 29.1 Å². The summed E-state index contributed by atoms with van der Waals surface area (Å²) < 4.78 is 20.4. The van der Waals surface area contributed by atoms with Crippen molar-refractivity contribution in [3.8, 4) is 79.4 Å². The first kappa shape index (κ1) is 50.9. The lowest BCUT2D eigenvalue weighted by molar-refractivity contribution is 0.472. The zero-order chi connectivity index (χ0) is 58.3. The van der Waals surface area contributed by atoms with E-state index in [1.165, 1.54) is 22.3 Å². The maximum absolute atomic E-state index is 7.76. The number of benzene rings is 7. The van der Waals surface area contributed by atoms with Gasteiger partial charge in [0.2, 0.25) is 0 Å². The number of fused-ring (bicyclic) bond motifs is 16. The molecule has 6 aromatic heterocycles. The van der Waals surface area contributed by atoms with E-state index < -0.39 is 0 Å². The van der Waals surface area contributed by atoms with Crippen LogP contribution < -0.4 is 42.3 Å². The monoisotopic (exact) mass is 1110 g/mol. The maximum Gasteiger partial charge on any atom is 0.256 e. The van der Waals surface area contributed by atoms with Gasteiger partial charge in [0.1, 0.15) is 45.1 Å². The Hall–Kier alpha value is -9.53. The second-order valence-corrected chi connectivity index (χ2v) is 25.8. The van der Waals surface area contributed by atoms with E-state index in [1.54, 1.807) is 0 Å². The lowest BCUT2D eigenvalue weighted by Gasteiger charge is -2.41. The minimum absolute atomic E-state index is 0.294. The molecule has 0 aliphatic carbocycles. The van der Waals surface area contributed by atoms with Gasteiger partial charge >= 0.3 is 0 Å². The molecule has 13 aromatic rings. The van der Waals surface area contributed by atoms with E-state index in [-0.39, 0.29) is 13.4 Å². The highest BCUT2D eigenvalue weighted by molar-refractivity contribution is 7.02. The molecular formula is C76H62B2N6O2. The van der Waals surface area contributed by atoms with Gasteiger partial charge in [0.15, 0.2) is 0 Å². The molecule has 86 heavy (non-hydrogen) atoms. The summed E-state index contributed by atoms with van der Waals surface area (Å²) in [5.74, 6) is 4.85. The van der Waals surface area contributed by atoms with Crippen molar-refractivity contribution in [2.45, 2.75) is 92.9 Å². The van der Waals surface area contributed by atoms with E-state index in [2.05, 4.69) is 248 Å². The Bertz CT molecular complexity index is 4760. The molecule has 0 unspecified atom stereocenters. The van der Waals surface area contributed by atoms with Crippen molar-refractivity contribution < 1.29 is 9.47 Å². The van der Waals surface area contributed by atoms with Crippen molar-refractivity contribution in [1.29, 1.82) is 0 Å². The fourth-order valence-electron chi connectivity index (χ4n) is 14.5. The number of hydrogen-bond acceptors (Lipinski definition) is 6. The molecule has 0 spiro atoms. The summed E-state index contributed by atoms with van der Waals surface area (Å²) in [5.41, 5.74) is 31.1. The molecule has 0 fully saturated rings. The number of nitrogens with zero attached hydrogens (tertiary/aromatic N) is 6. The first-order valence-electron chi connectivity index (χ1n) is 30.7. The second-order valence-electron chi connectivity index (χ2n) is 25.8. The third kappa shape index (κ3) is 7.31. The SMILES string of the molecule is Cc1ccc2c(c1)B1c3c(c4c5c(c3-n3c6ccc(-c7ccc(C(C)C)cc7)nc6c6nc(-c7ccc(C(C)C)cc7)cc1c63)Oc1ccc(C)cc1B5c1cc(-c3ccc(C(C)C)cc3)nc3c5nc(-c6ccc(C(C)C)cc6)ccc5n-4c13)O2. The average Bonchev–Trinajstić information content (AvgIpc) is 1.26. The van der Waals surface area contributed by atoms with Gasteiger partial charge < -0.3 is 18.6 Å². The topological polar surface area (TPSA) is 79.9 Å². The van der Waals surface area contributed by atoms with Crippen LogP contribution in [0.3, 0.4) is 0 Å². The standard InChI is InChI=1S/C76H62B2N6O2/c1-39(2)45-13-21-49(22-14-45)57-29-31-61-67(79-57)69-71-55(37-59(81-69)51-25-17-47(18-26-51)41(5)6)77-53-35-43(9)11-33-63(53)86-76-65(77)73(83(61)71)75-66-74(76)84-62-32-30-58(50-23-15-46(16-24-50)40(3)4)80-68(62)70-72(84)56(78(66)54-36-44(10)12-34-64(54)85-75)38-60(82-70)52-27-19-48(20-28-52)42(7)8/h11-42H,1-10H3. The van der Waals surface area contributed by atoms with Gasteiger partial charge in [-0.3, -0.25) is 0 Å². The summed E-state index contributed by atoms with van der Waals surface area (Å²) in [7, 11) is 0. The van der Waals surface area contributed by atoms with Crippen molar-refractivity contribution in [2.75, 3.05) is 0 Å². The van der Waals surface area contributed by atoms with Gasteiger partial charge in [-0.05, 0) is 130 Å². The Morgan fingerprint density at radius 2 is 0.663 bits per heavy atom. The van der Waals surface area contributed by atoms with Gasteiger partial charge in [0, 0.05) is 33.2 Å². The maximum atomic E-state index is 7.76. The number of aryl methyl sites for hydroxylation is 2. The molecule has 0 bridgehead atoms. The molecule has 17 rings (SSSR count). The van der Waals surface area contributed by atoms with Crippen LogP contribution in [0.4, 0.5) is 0 Å². The van der Waals surface area contributed by atoms with Crippen LogP contribution in [-0.2, 0) is 0 Å². The van der Waals surface area contributed by atoms with Crippen LogP contribution in [0.25, 0.3) is 101 Å². The van der Waals surface area contributed by atoms with Gasteiger partial charge in [-0.2, -0.15) is 0 Å². The first-order chi connectivity index (χ1) is 41.7. The van der Waals surface area contributed by atoms with Crippen molar-refractivity contribution in [2.24, 2.45) is 0 Å². The first-order valence-corrected chi connectivity index (χ1v) is 30.7. The average molecular weight is 1110 g/mol. The van der Waals surface area contributed by atoms with Crippen LogP contribution in [0.15, 0.2) is 170 Å². The van der Waals surface area contributed by atoms with Crippen LogP contribution in [0.5, 0.6) is 23.0 Å². The van der Waals surface area contributed by atoms with Crippen LogP contribution in [-0.4, -0.2) is 42.5 Å². The Labute approximate surface area is 501 Å². The van der Waals surface area contributed by atoms with E-state index in [0.717, 1.165) is 167 Å². The Morgan fingerprint density at radius 1 is 0.337 bits per heavy atom. The smallest absolute Gasteiger partial charge is 0.256 e. The molecule has 0 N–H and O–H groups in total. The number of hydrogen-bond donors (Lipinski definition) is 0. The minimum atomic E-state index is -0.294. The third-order valence-electron chi connectivity index (χ3n) is 19.1. The van der Waals surface area contributed by atoms with Crippen LogP contribution >= 0.6 is 0 Å². The molecule has 8 nitrogen and oxygen atoms in total. The Balaban J connectivity index is 1.02. The highest BCUT2D eigenvalue weighted by atomic mass is 16.5. The molecule has 7 aromatic carbocycles. The zero-order valence-electron chi connectivity index (χ0n) is 50.1. The molecule has 0 saturated heterocycles. The van der Waals surface area contributed by atoms with E-state index in [1.807, 2.05) is 0 Å². The highest BCUT2D eigenvalue weighted by Gasteiger charge is 2.51. The van der Waals surface area contributed by atoms with Gasteiger partial charge in [0.25, 0.3) is 13.4 Å². The fourth-order valence-corrected chi connectivity index (χ4v) is 14.5. The fraction of sp³-hybridized carbons (Fsp3) is 0.184. The number of aromatic nitrogens is 6. The van der Waals surface area contributed by atoms with Gasteiger partial charge in [-0.15, -0.1) is 0 Å². The molecule has 0 amide bonds. The third-order valence-corrected chi connectivity index (χ3v) is 19.1. The largest absolute Gasteiger partial charge is 0.456 e. The summed E-state index contributed by atoms with van der Waals surface area (Å²) >= 11 is 0. The zero-order valence-corrected chi connectivity index (χ0v) is 50.1. The normalized spacial score (nSPS) is 13.3. The molecule has 414 valence electrons. The van der Waals surface area contributed by atoms with Gasteiger partial charge in [-0.25, -0.2) is 19.9 Å². The highest BCUT2D eigenvalue weighted by Crippen LogP contribution is 2.49. The summed E-state index contributed by atoms with van der Waals surface area (Å²) in [6, 6.07) is 62.7. The Kier molecular flexibility index (Phi) is 10.9. The molecule has 4 aliphatic heterocycles. The Morgan fingerprint density at radius 3 is 1.00 bits per heavy atom. The summed E-state index contributed by atoms with van der Waals surface area (Å²) in [4.78, 5) is 22.9. The molecule has 0 saturated carbocycles. The van der Waals surface area contributed by atoms with E-state index >= 15 is 0 Å². The van der Waals surface area contributed by atoms with Crippen molar-refractivity contribution in [3.05, 3.63) is 203 Å².